The maximum Gasteiger partial charge on any atom is 0.330 e. The first-order valence-corrected chi connectivity index (χ1v) is 4.26. The smallest absolute Gasteiger partial charge is 0.330 e. The average molecular weight is 169 g/mol. The van der Waals surface area contributed by atoms with Gasteiger partial charge in [-0.15, -0.1) is 0 Å². The van der Waals surface area contributed by atoms with Crippen LogP contribution in [0, 0.1) is 5.92 Å². The van der Waals surface area contributed by atoms with Gasteiger partial charge in [-0.3, -0.25) is 0 Å². The van der Waals surface area contributed by atoms with Crippen LogP contribution in [-0.2, 0) is 9.53 Å². The normalized spacial score (nSPS) is 19.5. The molecule has 0 radical (unpaired) electrons. The number of carbonyl (C=O) groups is 1. The Kier molecular flexibility index (Phi) is 3.29. The van der Waals surface area contributed by atoms with Crippen LogP contribution in [0.4, 0.5) is 0 Å². The van der Waals surface area contributed by atoms with Crippen LogP contribution in [-0.4, -0.2) is 37.6 Å². The lowest BCUT2D eigenvalue weighted by atomic mass is 10.0. The van der Waals surface area contributed by atoms with E-state index in [4.69, 9.17) is 4.74 Å². The highest BCUT2D eigenvalue weighted by molar-refractivity contribution is 5.81. The van der Waals surface area contributed by atoms with E-state index in [1.54, 1.807) is 0 Å². The van der Waals surface area contributed by atoms with Gasteiger partial charge >= 0.3 is 5.97 Å². The zero-order valence-corrected chi connectivity index (χ0v) is 7.62. The second-order valence-electron chi connectivity index (χ2n) is 3.09. The number of nitrogens with zero attached hydrogens (tertiary/aromatic N) is 1. The van der Waals surface area contributed by atoms with Crippen LogP contribution in [0.3, 0.4) is 0 Å². The highest BCUT2D eigenvalue weighted by Gasteiger charge is 2.20. The van der Waals surface area contributed by atoms with E-state index < -0.39 is 0 Å². The third-order valence-electron chi connectivity index (χ3n) is 1.88. The van der Waals surface area contributed by atoms with E-state index in [9.17, 15) is 4.79 Å². The van der Waals surface area contributed by atoms with Crippen molar-refractivity contribution < 1.29 is 9.53 Å². The van der Waals surface area contributed by atoms with Gasteiger partial charge in [0.25, 0.3) is 0 Å². The molecule has 0 aromatic rings. The van der Waals surface area contributed by atoms with Crippen molar-refractivity contribution in [3.8, 4) is 0 Å². The van der Waals surface area contributed by atoms with Gasteiger partial charge in [0.1, 0.15) is 0 Å². The molecule has 0 atom stereocenters. The molecular weight excluding hydrogens is 154 g/mol. The van der Waals surface area contributed by atoms with E-state index >= 15 is 0 Å². The summed E-state index contributed by atoms with van der Waals surface area (Å²) >= 11 is 0. The summed E-state index contributed by atoms with van der Waals surface area (Å²) in [6.45, 7) is 4.36. The predicted molar refractivity (Wildman–Crippen MR) is 46.8 cm³/mol. The average Bonchev–Trinajstić information content (AvgIpc) is 1.96. The zero-order valence-electron chi connectivity index (χ0n) is 7.62. The minimum atomic E-state index is -0.230. The van der Waals surface area contributed by atoms with Crippen LogP contribution in [0.2, 0.25) is 0 Å². The molecule has 1 aliphatic heterocycles. The molecule has 1 rings (SSSR count). The van der Waals surface area contributed by atoms with Crippen molar-refractivity contribution in [2.24, 2.45) is 5.92 Å². The summed E-state index contributed by atoms with van der Waals surface area (Å²) in [6, 6.07) is 0. The molecule has 0 N–H and O–H groups in total. The van der Waals surface area contributed by atoms with E-state index in [-0.39, 0.29) is 5.97 Å². The second kappa shape index (κ2) is 4.26. The maximum absolute atomic E-state index is 10.8. The molecule has 3 nitrogen and oxygen atoms in total. The summed E-state index contributed by atoms with van der Waals surface area (Å²) in [7, 11) is 2.06. The van der Waals surface area contributed by atoms with Gasteiger partial charge in [0.2, 0.25) is 0 Å². The zero-order chi connectivity index (χ0) is 8.97. The van der Waals surface area contributed by atoms with Crippen molar-refractivity contribution in [2.75, 3.05) is 26.7 Å². The van der Waals surface area contributed by atoms with Gasteiger partial charge in [-0.25, -0.2) is 4.79 Å². The number of carbonyl (C=O) groups excluding carboxylic acids is 1. The number of ether oxygens (including phenoxy) is 1. The molecule has 1 heterocycles. The minimum Gasteiger partial charge on any atom is -0.463 e. The van der Waals surface area contributed by atoms with Gasteiger partial charge < -0.3 is 9.64 Å². The Hall–Kier alpha value is -0.830. The fourth-order valence-corrected chi connectivity index (χ4v) is 1.27. The van der Waals surface area contributed by atoms with Crippen molar-refractivity contribution in [3.05, 3.63) is 12.2 Å². The van der Waals surface area contributed by atoms with E-state index in [0.29, 0.717) is 12.5 Å². The Morgan fingerprint density at radius 1 is 1.67 bits per heavy atom. The molecule has 0 aromatic heterocycles. The highest BCUT2D eigenvalue weighted by atomic mass is 16.5. The molecule has 68 valence electrons. The van der Waals surface area contributed by atoms with Crippen molar-refractivity contribution in [2.45, 2.75) is 6.92 Å². The molecular formula is C9H15NO2. The van der Waals surface area contributed by atoms with Crippen molar-refractivity contribution in [1.29, 1.82) is 0 Å². The monoisotopic (exact) mass is 169 g/mol. The van der Waals surface area contributed by atoms with Crippen LogP contribution >= 0.6 is 0 Å². The molecule has 0 saturated carbocycles. The second-order valence-corrected chi connectivity index (χ2v) is 3.09. The molecule has 12 heavy (non-hydrogen) atoms. The molecule has 1 fully saturated rings. The van der Waals surface area contributed by atoms with Crippen LogP contribution in [0.5, 0.6) is 0 Å². The molecule has 0 aliphatic carbocycles. The molecule has 1 aliphatic rings. The topological polar surface area (TPSA) is 29.5 Å². The number of rotatable bonds is 3. The van der Waals surface area contributed by atoms with E-state index in [1.165, 1.54) is 6.08 Å². The Morgan fingerprint density at radius 3 is 2.83 bits per heavy atom. The van der Waals surface area contributed by atoms with Gasteiger partial charge in [0.15, 0.2) is 0 Å². The lowest BCUT2D eigenvalue weighted by Crippen LogP contribution is -2.42. The van der Waals surface area contributed by atoms with Gasteiger partial charge in [-0.05, 0) is 14.0 Å². The van der Waals surface area contributed by atoms with Gasteiger partial charge in [0.05, 0.1) is 6.61 Å². The lowest BCUT2D eigenvalue weighted by molar-refractivity contribution is -0.137. The Balaban J connectivity index is 2.17. The lowest BCUT2D eigenvalue weighted by Gasteiger charge is -2.33. The number of likely N-dealkylation sites (tertiary alicyclic amines) is 1. The van der Waals surface area contributed by atoms with Crippen molar-refractivity contribution >= 4 is 5.97 Å². The van der Waals surface area contributed by atoms with Crippen LogP contribution < -0.4 is 0 Å². The van der Waals surface area contributed by atoms with Crippen molar-refractivity contribution in [3.63, 3.8) is 0 Å². The quantitative estimate of drug-likeness (QED) is 0.459. The molecule has 0 unspecified atom stereocenters. The first kappa shape index (κ1) is 9.26. The number of esters is 1. The van der Waals surface area contributed by atoms with Gasteiger partial charge in [0, 0.05) is 25.1 Å². The number of hydrogen-bond acceptors (Lipinski definition) is 3. The van der Waals surface area contributed by atoms with E-state index in [2.05, 4.69) is 11.9 Å². The molecule has 0 amide bonds. The molecule has 1 saturated heterocycles. The summed E-state index contributed by atoms with van der Waals surface area (Å²) in [5, 5.41) is 0. The number of hydrogen-bond donors (Lipinski definition) is 0. The van der Waals surface area contributed by atoms with Crippen LogP contribution in [0.25, 0.3) is 0 Å². The summed E-state index contributed by atoms with van der Waals surface area (Å²) in [6.07, 6.45) is 3.46. The molecule has 3 heteroatoms. The summed E-state index contributed by atoms with van der Waals surface area (Å²) in [4.78, 5) is 13.1. The van der Waals surface area contributed by atoms with Crippen LogP contribution in [0.1, 0.15) is 6.92 Å². The highest BCUT2D eigenvalue weighted by Crippen LogP contribution is 2.13. The largest absolute Gasteiger partial charge is 0.463 e. The molecule has 0 spiro atoms. The third-order valence-corrected chi connectivity index (χ3v) is 1.88. The predicted octanol–water partition coefficient (Wildman–Crippen LogP) is 0.667. The first-order valence-electron chi connectivity index (χ1n) is 4.26. The summed E-state index contributed by atoms with van der Waals surface area (Å²) in [5.41, 5.74) is 0. The van der Waals surface area contributed by atoms with Crippen molar-refractivity contribution in [1.82, 2.24) is 4.90 Å². The van der Waals surface area contributed by atoms with Crippen LogP contribution in [0.15, 0.2) is 12.2 Å². The Labute approximate surface area is 73.0 Å². The minimum absolute atomic E-state index is 0.230. The van der Waals surface area contributed by atoms with E-state index in [1.807, 2.05) is 13.0 Å². The standard InChI is InChI=1S/C9H15NO2/c1-3-12-9(11)5-4-8-6-10(2)7-8/h4-5,8H,3,6-7H2,1-2H3/b5-4+. The summed E-state index contributed by atoms with van der Waals surface area (Å²) in [5.74, 6) is 0.312. The maximum atomic E-state index is 10.8. The third kappa shape index (κ3) is 2.66. The fraction of sp³-hybridized carbons (Fsp3) is 0.667. The SMILES string of the molecule is CCOC(=O)/C=C/C1CN(C)C1. The first-order chi connectivity index (χ1) is 5.72. The van der Waals surface area contributed by atoms with Gasteiger partial charge in [-0.1, -0.05) is 6.08 Å². The Morgan fingerprint density at radius 2 is 2.33 bits per heavy atom. The van der Waals surface area contributed by atoms with E-state index in [0.717, 1.165) is 13.1 Å². The summed E-state index contributed by atoms with van der Waals surface area (Å²) < 4.78 is 4.75. The Bertz CT molecular complexity index is 183. The molecule has 0 aromatic carbocycles. The molecule has 0 bridgehead atoms. The fourth-order valence-electron chi connectivity index (χ4n) is 1.27. The van der Waals surface area contributed by atoms with Gasteiger partial charge in [-0.2, -0.15) is 0 Å².